The molecule has 4 nitrogen and oxygen atoms in total. The zero-order chi connectivity index (χ0) is 12.8. The second-order valence-corrected chi connectivity index (χ2v) is 3.78. The van der Waals surface area contributed by atoms with Gasteiger partial charge >= 0.3 is 0 Å². The maximum absolute atomic E-state index is 5.88. The minimum absolute atomic E-state index is 0.227. The Balaban J connectivity index is 2.21. The number of benzene rings is 1. The molecule has 1 aromatic heterocycles. The number of methoxy groups -OCH3 is 1. The Hall–Kier alpha value is -2.07. The third kappa shape index (κ3) is 2.78. The Kier molecular flexibility index (Phi) is 4.15. The number of pyridine rings is 1. The molecule has 0 aliphatic heterocycles. The van der Waals surface area contributed by atoms with E-state index < -0.39 is 0 Å². The summed E-state index contributed by atoms with van der Waals surface area (Å²) in [5.41, 5.74) is 6.70. The zero-order valence-electron chi connectivity index (χ0n) is 10.2. The van der Waals surface area contributed by atoms with Crippen LogP contribution in [0, 0.1) is 0 Å². The van der Waals surface area contributed by atoms with Gasteiger partial charge < -0.3 is 15.2 Å². The van der Waals surface area contributed by atoms with Crippen LogP contribution in [0.1, 0.15) is 11.7 Å². The summed E-state index contributed by atoms with van der Waals surface area (Å²) in [6.07, 6.45) is 3.25. The molecule has 1 atom stereocenters. The monoisotopic (exact) mass is 244 g/mol. The predicted molar refractivity (Wildman–Crippen MR) is 69.7 cm³/mol. The Labute approximate surface area is 106 Å². The van der Waals surface area contributed by atoms with E-state index in [1.54, 1.807) is 19.5 Å². The van der Waals surface area contributed by atoms with Gasteiger partial charge in [-0.3, -0.25) is 4.98 Å². The third-order valence-electron chi connectivity index (χ3n) is 2.61. The highest BCUT2D eigenvalue weighted by molar-refractivity contribution is 5.39. The summed E-state index contributed by atoms with van der Waals surface area (Å²) in [7, 11) is 1.61. The van der Waals surface area contributed by atoms with Crippen molar-refractivity contribution in [3.8, 4) is 11.5 Å². The number of para-hydroxylation sites is 2. The SMILES string of the molecule is COc1ccccc1OC(CN)c1cccnc1. The van der Waals surface area contributed by atoms with Crippen LogP contribution in [0.5, 0.6) is 11.5 Å². The smallest absolute Gasteiger partial charge is 0.162 e. The molecule has 0 aliphatic carbocycles. The fourth-order valence-corrected chi connectivity index (χ4v) is 1.69. The van der Waals surface area contributed by atoms with Crippen LogP contribution in [-0.2, 0) is 0 Å². The van der Waals surface area contributed by atoms with Crippen LogP contribution in [0.4, 0.5) is 0 Å². The van der Waals surface area contributed by atoms with Gasteiger partial charge in [-0.15, -0.1) is 0 Å². The minimum Gasteiger partial charge on any atom is -0.493 e. The lowest BCUT2D eigenvalue weighted by molar-refractivity contribution is 0.204. The summed E-state index contributed by atoms with van der Waals surface area (Å²) in [4.78, 5) is 4.07. The van der Waals surface area contributed by atoms with E-state index in [1.165, 1.54) is 0 Å². The maximum atomic E-state index is 5.88. The van der Waals surface area contributed by atoms with Crippen LogP contribution in [0.2, 0.25) is 0 Å². The van der Waals surface area contributed by atoms with E-state index in [2.05, 4.69) is 4.98 Å². The molecule has 2 N–H and O–H groups in total. The van der Waals surface area contributed by atoms with Gasteiger partial charge in [0, 0.05) is 24.5 Å². The number of hydrogen-bond donors (Lipinski definition) is 1. The quantitative estimate of drug-likeness (QED) is 0.875. The lowest BCUT2D eigenvalue weighted by Crippen LogP contribution is -2.18. The molecule has 1 unspecified atom stereocenters. The summed E-state index contributed by atoms with van der Waals surface area (Å²) in [5.74, 6) is 1.37. The lowest BCUT2D eigenvalue weighted by Gasteiger charge is -2.19. The number of hydrogen-bond acceptors (Lipinski definition) is 4. The van der Waals surface area contributed by atoms with Crippen molar-refractivity contribution in [2.24, 2.45) is 5.73 Å². The van der Waals surface area contributed by atoms with Gasteiger partial charge in [0.05, 0.1) is 7.11 Å². The minimum atomic E-state index is -0.227. The first-order valence-corrected chi connectivity index (χ1v) is 5.75. The van der Waals surface area contributed by atoms with E-state index in [4.69, 9.17) is 15.2 Å². The van der Waals surface area contributed by atoms with Crippen LogP contribution < -0.4 is 15.2 Å². The molecule has 0 saturated carbocycles. The number of aromatic nitrogens is 1. The van der Waals surface area contributed by atoms with Crippen LogP contribution in [0.25, 0.3) is 0 Å². The zero-order valence-corrected chi connectivity index (χ0v) is 10.2. The Morgan fingerprint density at radius 2 is 1.94 bits per heavy atom. The molecule has 18 heavy (non-hydrogen) atoms. The lowest BCUT2D eigenvalue weighted by atomic mass is 10.1. The van der Waals surface area contributed by atoms with Gasteiger partial charge in [-0.2, -0.15) is 0 Å². The average molecular weight is 244 g/mol. The second-order valence-electron chi connectivity index (χ2n) is 3.78. The summed E-state index contributed by atoms with van der Waals surface area (Å²) in [6.45, 7) is 0.379. The van der Waals surface area contributed by atoms with E-state index in [9.17, 15) is 0 Å². The first kappa shape index (κ1) is 12.4. The number of nitrogens with zero attached hydrogens (tertiary/aromatic N) is 1. The van der Waals surface area contributed by atoms with Crippen molar-refractivity contribution in [3.05, 3.63) is 54.4 Å². The molecule has 0 aliphatic rings. The first-order chi connectivity index (χ1) is 8.85. The van der Waals surface area contributed by atoms with E-state index in [1.807, 2.05) is 36.4 Å². The summed E-state index contributed by atoms with van der Waals surface area (Å²) in [6, 6.07) is 11.3. The molecule has 94 valence electrons. The Morgan fingerprint density at radius 1 is 1.17 bits per heavy atom. The van der Waals surface area contributed by atoms with E-state index in [0.29, 0.717) is 18.0 Å². The number of rotatable bonds is 5. The molecule has 0 bridgehead atoms. The molecule has 1 heterocycles. The van der Waals surface area contributed by atoms with E-state index >= 15 is 0 Å². The van der Waals surface area contributed by atoms with Crippen LogP contribution >= 0.6 is 0 Å². The normalized spacial score (nSPS) is 11.9. The Bertz CT molecular complexity index is 488. The topological polar surface area (TPSA) is 57.4 Å². The molecular weight excluding hydrogens is 228 g/mol. The fourth-order valence-electron chi connectivity index (χ4n) is 1.69. The highest BCUT2D eigenvalue weighted by atomic mass is 16.5. The highest BCUT2D eigenvalue weighted by Crippen LogP contribution is 2.30. The second kappa shape index (κ2) is 6.02. The third-order valence-corrected chi connectivity index (χ3v) is 2.61. The molecule has 2 aromatic rings. The standard InChI is InChI=1S/C14H16N2O2/c1-17-12-6-2-3-7-13(12)18-14(9-15)11-5-4-8-16-10-11/h2-8,10,14H,9,15H2,1H3. The van der Waals surface area contributed by atoms with E-state index in [0.717, 1.165) is 5.56 Å². The van der Waals surface area contributed by atoms with Crippen molar-refractivity contribution < 1.29 is 9.47 Å². The predicted octanol–water partition coefficient (Wildman–Crippen LogP) is 2.17. The van der Waals surface area contributed by atoms with Gasteiger partial charge in [0.2, 0.25) is 0 Å². The number of ether oxygens (including phenoxy) is 2. The van der Waals surface area contributed by atoms with Crippen LogP contribution in [0.3, 0.4) is 0 Å². The van der Waals surface area contributed by atoms with Gasteiger partial charge in [0.1, 0.15) is 6.10 Å². The molecule has 2 rings (SSSR count). The van der Waals surface area contributed by atoms with Crippen molar-refractivity contribution in [2.75, 3.05) is 13.7 Å². The van der Waals surface area contributed by atoms with Crippen molar-refractivity contribution in [1.29, 1.82) is 0 Å². The molecule has 0 fully saturated rings. The molecule has 1 aromatic carbocycles. The van der Waals surface area contributed by atoms with Crippen LogP contribution in [0.15, 0.2) is 48.8 Å². The molecule has 0 saturated heterocycles. The van der Waals surface area contributed by atoms with Gasteiger partial charge in [-0.1, -0.05) is 18.2 Å². The van der Waals surface area contributed by atoms with E-state index in [-0.39, 0.29) is 6.10 Å². The average Bonchev–Trinajstić information content (AvgIpc) is 2.46. The number of nitrogens with two attached hydrogens (primary N) is 1. The molecule has 4 heteroatoms. The summed E-state index contributed by atoms with van der Waals surface area (Å²) >= 11 is 0. The Morgan fingerprint density at radius 3 is 2.56 bits per heavy atom. The van der Waals surface area contributed by atoms with Gasteiger partial charge in [0.25, 0.3) is 0 Å². The summed E-state index contributed by atoms with van der Waals surface area (Å²) in [5, 5.41) is 0. The van der Waals surface area contributed by atoms with Crippen molar-refractivity contribution in [1.82, 2.24) is 4.98 Å². The van der Waals surface area contributed by atoms with Crippen LogP contribution in [-0.4, -0.2) is 18.6 Å². The van der Waals surface area contributed by atoms with Crippen molar-refractivity contribution in [3.63, 3.8) is 0 Å². The van der Waals surface area contributed by atoms with Gasteiger partial charge in [-0.25, -0.2) is 0 Å². The molecular formula is C14H16N2O2. The van der Waals surface area contributed by atoms with Gasteiger partial charge in [0.15, 0.2) is 11.5 Å². The van der Waals surface area contributed by atoms with Crippen molar-refractivity contribution in [2.45, 2.75) is 6.10 Å². The fraction of sp³-hybridized carbons (Fsp3) is 0.214. The highest BCUT2D eigenvalue weighted by Gasteiger charge is 2.13. The van der Waals surface area contributed by atoms with Crippen molar-refractivity contribution >= 4 is 0 Å². The molecule has 0 amide bonds. The molecule has 0 radical (unpaired) electrons. The molecule has 0 spiro atoms. The maximum Gasteiger partial charge on any atom is 0.162 e. The van der Waals surface area contributed by atoms with Gasteiger partial charge in [-0.05, 0) is 18.2 Å². The summed E-state index contributed by atoms with van der Waals surface area (Å²) < 4.78 is 11.1. The first-order valence-electron chi connectivity index (χ1n) is 5.75. The largest absolute Gasteiger partial charge is 0.493 e.